The predicted octanol–water partition coefficient (Wildman–Crippen LogP) is 0.324. The van der Waals surface area contributed by atoms with Gasteiger partial charge in [0.25, 0.3) is 0 Å². The van der Waals surface area contributed by atoms with Crippen LogP contribution in [-0.2, 0) is 14.8 Å². The van der Waals surface area contributed by atoms with E-state index in [1.54, 1.807) is 0 Å². The molecular formula is C7H14ClNO3S. The molecule has 0 aromatic rings. The Morgan fingerprint density at radius 3 is 2.85 bits per heavy atom. The first-order valence-corrected chi connectivity index (χ1v) is 6.47. The molecule has 0 aliphatic carbocycles. The van der Waals surface area contributed by atoms with Crippen LogP contribution in [0.25, 0.3) is 0 Å². The molecule has 0 bridgehead atoms. The monoisotopic (exact) mass is 227 g/mol. The molecule has 4 nitrogen and oxygen atoms in total. The van der Waals surface area contributed by atoms with Crippen LogP contribution in [0.4, 0.5) is 0 Å². The van der Waals surface area contributed by atoms with E-state index in [0.29, 0.717) is 12.5 Å². The van der Waals surface area contributed by atoms with Gasteiger partial charge in [0.15, 0.2) is 0 Å². The van der Waals surface area contributed by atoms with E-state index in [1.165, 1.54) is 0 Å². The molecule has 13 heavy (non-hydrogen) atoms. The van der Waals surface area contributed by atoms with Gasteiger partial charge < -0.3 is 4.74 Å². The molecule has 6 heteroatoms. The molecule has 0 saturated carbocycles. The summed E-state index contributed by atoms with van der Waals surface area (Å²) in [5.74, 6) is 0.356. The smallest absolute Gasteiger partial charge is 0.214 e. The maximum absolute atomic E-state index is 11.3. The number of hydrogen-bond acceptors (Lipinski definition) is 3. The SMILES string of the molecule is O=S(=O)(CC1CCCO1)NCCCl. The highest BCUT2D eigenvalue weighted by molar-refractivity contribution is 7.89. The lowest BCUT2D eigenvalue weighted by molar-refractivity contribution is 0.127. The van der Waals surface area contributed by atoms with Crippen molar-refractivity contribution in [2.45, 2.75) is 18.9 Å². The molecule has 1 unspecified atom stereocenters. The molecule has 1 aliphatic rings. The van der Waals surface area contributed by atoms with E-state index in [9.17, 15) is 8.42 Å². The van der Waals surface area contributed by atoms with Gasteiger partial charge in [0, 0.05) is 19.0 Å². The largest absolute Gasteiger partial charge is 0.377 e. The molecule has 1 N–H and O–H groups in total. The first-order valence-electron chi connectivity index (χ1n) is 4.29. The molecule has 1 atom stereocenters. The van der Waals surface area contributed by atoms with E-state index in [0.717, 1.165) is 12.8 Å². The van der Waals surface area contributed by atoms with Crippen LogP contribution in [-0.4, -0.2) is 39.3 Å². The normalized spacial score (nSPS) is 23.6. The second-order valence-corrected chi connectivity index (χ2v) is 5.23. The molecule has 0 radical (unpaired) electrons. The third-order valence-electron chi connectivity index (χ3n) is 1.85. The zero-order valence-electron chi connectivity index (χ0n) is 7.33. The molecule has 0 aromatic heterocycles. The first-order chi connectivity index (χ1) is 6.14. The van der Waals surface area contributed by atoms with Crippen molar-refractivity contribution in [2.24, 2.45) is 0 Å². The van der Waals surface area contributed by atoms with Crippen molar-refractivity contribution in [3.8, 4) is 0 Å². The van der Waals surface area contributed by atoms with Crippen LogP contribution in [0.5, 0.6) is 0 Å². The molecule has 1 heterocycles. The van der Waals surface area contributed by atoms with Crippen molar-refractivity contribution in [3.05, 3.63) is 0 Å². The van der Waals surface area contributed by atoms with Crippen LogP contribution in [0.1, 0.15) is 12.8 Å². The summed E-state index contributed by atoms with van der Waals surface area (Å²) in [6.07, 6.45) is 1.66. The molecule has 1 saturated heterocycles. The van der Waals surface area contributed by atoms with E-state index in [1.807, 2.05) is 0 Å². The molecule has 1 rings (SSSR count). The summed E-state index contributed by atoms with van der Waals surface area (Å²) in [4.78, 5) is 0. The molecule has 0 aromatic carbocycles. The second kappa shape index (κ2) is 5.14. The fourth-order valence-corrected chi connectivity index (χ4v) is 2.76. The summed E-state index contributed by atoms with van der Waals surface area (Å²) in [5.41, 5.74) is 0. The van der Waals surface area contributed by atoms with Gasteiger partial charge in [0.1, 0.15) is 0 Å². The van der Waals surface area contributed by atoms with Crippen molar-refractivity contribution in [2.75, 3.05) is 24.8 Å². The van der Waals surface area contributed by atoms with Gasteiger partial charge in [-0.2, -0.15) is 0 Å². The lowest BCUT2D eigenvalue weighted by Gasteiger charge is -2.09. The zero-order valence-corrected chi connectivity index (χ0v) is 8.90. The van der Waals surface area contributed by atoms with Crippen LogP contribution >= 0.6 is 11.6 Å². The highest BCUT2D eigenvalue weighted by Gasteiger charge is 2.22. The van der Waals surface area contributed by atoms with Crippen LogP contribution in [0.3, 0.4) is 0 Å². The fourth-order valence-electron chi connectivity index (χ4n) is 1.27. The lowest BCUT2D eigenvalue weighted by atomic mass is 10.3. The summed E-state index contributed by atoms with van der Waals surface area (Å²) >= 11 is 5.37. The van der Waals surface area contributed by atoms with Crippen LogP contribution in [0.15, 0.2) is 0 Å². The van der Waals surface area contributed by atoms with Crippen molar-refractivity contribution >= 4 is 21.6 Å². The van der Waals surface area contributed by atoms with Crippen LogP contribution in [0, 0.1) is 0 Å². The Morgan fingerprint density at radius 2 is 2.31 bits per heavy atom. The Hall–Kier alpha value is 0.160. The molecule has 1 fully saturated rings. The third kappa shape index (κ3) is 4.26. The third-order valence-corrected chi connectivity index (χ3v) is 3.49. The van der Waals surface area contributed by atoms with E-state index >= 15 is 0 Å². The van der Waals surface area contributed by atoms with Crippen molar-refractivity contribution in [3.63, 3.8) is 0 Å². The van der Waals surface area contributed by atoms with E-state index in [-0.39, 0.29) is 18.4 Å². The molecule has 0 amide bonds. The average molecular weight is 228 g/mol. The minimum atomic E-state index is -3.19. The summed E-state index contributed by atoms with van der Waals surface area (Å²) in [6.45, 7) is 0.965. The maximum atomic E-state index is 11.3. The summed E-state index contributed by atoms with van der Waals surface area (Å²) in [7, 11) is -3.19. The van der Waals surface area contributed by atoms with Gasteiger partial charge in [-0.3, -0.25) is 0 Å². The summed E-state index contributed by atoms with van der Waals surface area (Å²) in [5, 5.41) is 0. The lowest BCUT2D eigenvalue weighted by Crippen LogP contribution is -2.33. The minimum absolute atomic E-state index is 0.0594. The van der Waals surface area contributed by atoms with E-state index in [4.69, 9.17) is 16.3 Å². The highest BCUT2D eigenvalue weighted by Crippen LogP contribution is 2.13. The fraction of sp³-hybridized carbons (Fsp3) is 1.00. The number of sulfonamides is 1. The highest BCUT2D eigenvalue weighted by atomic mass is 35.5. The van der Waals surface area contributed by atoms with Crippen molar-refractivity contribution < 1.29 is 13.2 Å². The summed E-state index contributed by atoms with van der Waals surface area (Å²) in [6, 6.07) is 0. The standard InChI is InChI=1S/C7H14ClNO3S/c8-3-4-9-13(10,11)6-7-2-1-5-12-7/h7,9H,1-6H2. The number of ether oxygens (including phenoxy) is 1. The number of nitrogens with one attached hydrogen (secondary N) is 1. The summed E-state index contributed by atoms with van der Waals surface area (Å²) < 4.78 is 30.2. The van der Waals surface area contributed by atoms with Gasteiger partial charge in [-0.05, 0) is 12.8 Å². The molecule has 1 aliphatic heterocycles. The number of rotatable bonds is 5. The Balaban J connectivity index is 2.32. The van der Waals surface area contributed by atoms with Crippen LogP contribution < -0.4 is 4.72 Å². The van der Waals surface area contributed by atoms with Gasteiger partial charge in [0.2, 0.25) is 10.0 Å². The van der Waals surface area contributed by atoms with Gasteiger partial charge in [-0.15, -0.1) is 11.6 Å². The topological polar surface area (TPSA) is 55.4 Å². The quantitative estimate of drug-likeness (QED) is 0.689. The maximum Gasteiger partial charge on any atom is 0.214 e. The second-order valence-electron chi connectivity index (χ2n) is 3.00. The number of alkyl halides is 1. The Labute approximate surface area is 83.7 Å². The number of halogens is 1. The van der Waals surface area contributed by atoms with Gasteiger partial charge in [-0.25, -0.2) is 13.1 Å². The number of hydrogen-bond donors (Lipinski definition) is 1. The zero-order chi connectivity index (χ0) is 9.73. The van der Waals surface area contributed by atoms with Crippen molar-refractivity contribution in [1.82, 2.24) is 4.72 Å². The minimum Gasteiger partial charge on any atom is -0.377 e. The van der Waals surface area contributed by atoms with Crippen LogP contribution in [0.2, 0.25) is 0 Å². The Morgan fingerprint density at radius 1 is 1.54 bits per heavy atom. The van der Waals surface area contributed by atoms with E-state index < -0.39 is 10.0 Å². The molecular weight excluding hydrogens is 214 g/mol. The Kier molecular flexibility index (Phi) is 4.45. The predicted molar refractivity (Wildman–Crippen MR) is 51.5 cm³/mol. The first kappa shape index (κ1) is 11.2. The van der Waals surface area contributed by atoms with Gasteiger partial charge in [0.05, 0.1) is 11.9 Å². The van der Waals surface area contributed by atoms with Crippen molar-refractivity contribution in [1.29, 1.82) is 0 Å². The molecule has 0 spiro atoms. The average Bonchev–Trinajstić information content (AvgIpc) is 2.52. The van der Waals surface area contributed by atoms with Gasteiger partial charge >= 0.3 is 0 Å². The molecule has 78 valence electrons. The Bertz CT molecular complexity index is 236. The van der Waals surface area contributed by atoms with E-state index in [2.05, 4.69) is 4.72 Å². The van der Waals surface area contributed by atoms with Gasteiger partial charge in [-0.1, -0.05) is 0 Å².